The Bertz CT molecular complexity index is 748. The van der Waals surface area contributed by atoms with Crippen molar-refractivity contribution in [2.45, 2.75) is 51.4 Å². The molecule has 0 aromatic heterocycles. The standard InChI is InChI=1S/C18H29BN2O4S/c1-17(2)18(3,4)25-19(24-17)14-7-9-15(10-8-14)21-12-11-16(13-21)20(5)26(6,22)23/h7-10,16H,11-13H2,1-6H3. The van der Waals surface area contributed by atoms with Crippen LogP contribution in [-0.2, 0) is 19.3 Å². The Morgan fingerprint density at radius 3 is 2.15 bits per heavy atom. The minimum atomic E-state index is -3.16. The quantitative estimate of drug-likeness (QED) is 0.741. The van der Waals surface area contributed by atoms with E-state index in [2.05, 4.69) is 17.0 Å². The van der Waals surface area contributed by atoms with Gasteiger partial charge in [-0.05, 0) is 51.7 Å². The van der Waals surface area contributed by atoms with Crippen LogP contribution in [0.15, 0.2) is 24.3 Å². The smallest absolute Gasteiger partial charge is 0.399 e. The summed E-state index contributed by atoms with van der Waals surface area (Å²) in [4.78, 5) is 2.22. The summed E-state index contributed by atoms with van der Waals surface area (Å²) in [6.07, 6.45) is 2.09. The predicted octanol–water partition coefficient (Wildman–Crippen LogP) is 1.46. The van der Waals surface area contributed by atoms with Gasteiger partial charge in [0.05, 0.1) is 17.5 Å². The zero-order valence-corrected chi connectivity index (χ0v) is 17.3. The van der Waals surface area contributed by atoms with Gasteiger partial charge in [-0.2, -0.15) is 0 Å². The van der Waals surface area contributed by atoms with Gasteiger partial charge in [0.2, 0.25) is 10.0 Å². The molecule has 0 aliphatic carbocycles. The zero-order chi connectivity index (χ0) is 19.3. The van der Waals surface area contributed by atoms with Gasteiger partial charge >= 0.3 is 7.12 Å². The van der Waals surface area contributed by atoms with Gasteiger partial charge < -0.3 is 14.2 Å². The molecule has 0 bridgehead atoms. The molecule has 2 fully saturated rings. The number of hydrogen-bond donors (Lipinski definition) is 0. The summed E-state index contributed by atoms with van der Waals surface area (Å²) in [5.41, 5.74) is 1.38. The molecule has 3 rings (SSSR count). The Labute approximate surface area is 157 Å². The van der Waals surface area contributed by atoms with Gasteiger partial charge in [0, 0.05) is 31.9 Å². The number of anilines is 1. The number of benzene rings is 1. The van der Waals surface area contributed by atoms with Gasteiger partial charge in [-0.3, -0.25) is 0 Å². The van der Waals surface area contributed by atoms with E-state index in [0.717, 1.165) is 24.1 Å². The van der Waals surface area contributed by atoms with Crippen LogP contribution in [0.25, 0.3) is 0 Å². The monoisotopic (exact) mass is 380 g/mol. The van der Waals surface area contributed by atoms with Gasteiger partial charge in [0.15, 0.2) is 0 Å². The molecule has 1 aromatic rings. The van der Waals surface area contributed by atoms with E-state index in [9.17, 15) is 8.42 Å². The lowest BCUT2D eigenvalue weighted by Crippen LogP contribution is -2.41. The Kier molecular flexibility index (Phi) is 4.93. The first-order valence-corrected chi connectivity index (χ1v) is 10.9. The zero-order valence-electron chi connectivity index (χ0n) is 16.5. The second-order valence-corrected chi connectivity index (χ2v) is 10.4. The molecule has 1 atom stereocenters. The van der Waals surface area contributed by atoms with Crippen LogP contribution in [0.5, 0.6) is 0 Å². The largest absolute Gasteiger partial charge is 0.494 e. The molecule has 0 saturated carbocycles. The molecular weight excluding hydrogens is 351 g/mol. The highest BCUT2D eigenvalue weighted by Crippen LogP contribution is 2.36. The first kappa shape index (κ1) is 19.7. The maximum atomic E-state index is 11.7. The van der Waals surface area contributed by atoms with E-state index in [1.54, 1.807) is 7.05 Å². The van der Waals surface area contributed by atoms with Crippen LogP contribution in [0, 0.1) is 0 Å². The SMILES string of the molecule is CN(C1CCN(c2ccc(B3OC(C)(C)C(C)(C)O3)cc2)C1)S(C)(=O)=O. The van der Waals surface area contributed by atoms with Crippen LogP contribution in [0.3, 0.4) is 0 Å². The topological polar surface area (TPSA) is 59.1 Å². The van der Waals surface area contributed by atoms with E-state index in [1.165, 1.54) is 10.6 Å². The van der Waals surface area contributed by atoms with Crippen molar-refractivity contribution in [3.63, 3.8) is 0 Å². The van der Waals surface area contributed by atoms with Crippen LogP contribution in [0.1, 0.15) is 34.1 Å². The number of likely N-dealkylation sites (N-methyl/N-ethyl adjacent to an activating group) is 1. The van der Waals surface area contributed by atoms with Crippen LogP contribution in [-0.4, -0.2) is 63.5 Å². The molecule has 0 amide bonds. The summed E-state index contributed by atoms with van der Waals surface area (Å²) >= 11 is 0. The lowest BCUT2D eigenvalue weighted by atomic mass is 9.79. The van der Waals surface area contributed by atoms with Gasteiger partial charge in [0.25, 0.3) is 0 Å². The Hall–Kier alpha value is -1.09. The Balaban J connectivity index is 1.68. The van der Waals surface area contributed by atoms with Crippen LogP contribution in [0.4, 0.5) is 5.69 Å². The van der Waals surface area contributed by atoms with Crippen LogP contribution < -0.4 is 10.4 Å². The highest BCUT2D eigenvalue weighted by Gasteiger charge is 2.51. The second kappa shape index (κ2) is 6.51. The predicted molar refractivity (Wildman–Crippen MR) is 105 cm³/mol. The van der Waals surface area contributed by atoms with Crippen molar-refractivity contribution in [1.29, 1.82) is 0 Å². The molecular formula is C18H29BN2O4S. The first-order chi connectivity index (χ1) is 11.9. The summed E-state index contributed by atoms with van der Waals surface area (Å²) < 4.78 is 37.1. The molecule has 1 unspecified atom stereocenters. The third kappa shape index (κ3) is 3.65. The number of hydrogen-bond acceptors (Lipinski definition) is 5. The van der Waals surface area contributed by atoms with Crippen molar-refractivity contribution in [3.05, 3.63) is 24.3 Å². The Morgan fingerprint density at radius 2 is 1.65 bits per heavy atom. The summed E-state index contributed by atoms with van der Waals surface area (Å²) in [5, 5.41) is 0. The molecule has 0 radical (unpaired) electrons. The fourth-order valence-corrected chi connectivity index (χ4v) is 4.08. The molecule has 2 aliphatic rings. The minimum absolute atomic E-state index is 0.0211. The van der Waals surface area contributed by atoms with Crippen molar-refractivity contribution in [2.24, 2.45) is 0 Å². The van der Waals surface area contributed by atoms with Crippen molar-refractivity contribution >= 4 is 28.3 Å². The molecule has 0 N–H and O–H groups in total. The van der Waals surface area contributed by atoms with Gasteiger partial charge in [-0.25, -0.2) is 12.7 Å². The maximum absolute atomic E-state index is 11.7. The molecule has 26 heavy (non-hydrogen) atoms. The van der Waals surface area contributed by atoms with Crippen LogP contribution in [0.2, 0.25) is 0 Å². The van der Waals surface area contributed by atoms with E-state index in [1.807, 2.05) is 39.8 Å². The van der Waals surface area contributed by atoms with Crippen molar-refractivity contribution in [2.75, 3.05) is 31.3 Å². The average molecular weight is 380 g/mol. The minimum Gasteiger partial charge on any atom is -0.399 e. The number of sulfonamides is 1. The normalized spacial score (nSPS) is 25.3. The molecule has 2 saturated heterocycles. The van der Waals surface area contributed by atoms with Crippen LogP contribution >= 0.6 is 0 Å². The first-order valence-electron chi connectivity index (χ1n) is 9.04. The molecule has 2 heterocycles. The summed E-state index contributed by atoms with van der Waals surface area (Å²) in [5.74, 6) is 0. The maximum Gasteiger partial charge on any atom is 0.494 e. The van der Waals surface area contributed by atoms with Crippen molar-refractivity contribution in [3.8, 4) is 0 Å². The molecule has 6 nitrogen and oxygen atoms in total. The van der Waals surface area contributed by atoms with Gasteiger partial charge in [-0.1, -0.05) is 12.1 Å². The van der Waals surface area contributed by atoms with Gasteiger partial charge in [-0.15, -0.1) is 0 Å². The lowest BCUT2D eigenvalue weighted by Gasteiger charge is -2.32. The average Bonchev–Trinajstić information content (AvgIpc) is 3.09. The molecule has 1 aromatic carbocycles. The third-order valence-electron chi connectivity index (χ3n) is 5.98. The molecule has 8 heteroatoms. The second-order valence-electron chi connectivity index (χ2n) is 8.35. The highest BCUT2D eigenvalue weighted by atomic mass is 32.2. The third-order valence-corrected chi connectivity index (χ3v) is 7.33. The summed E-state index contributed by atoms with van der Waals surface area (Å²) in [7, 11) is -1.86. The fraction of sp³-hybridized carbons (Fsp3) is 0.667. The molecule has 0 spiro atoms. The van der Waals surface area contributed by atoms with Crippen molar-refractivity contribution in [1.82, 2.24) is 4.31 Å². The number of nitrogens with zero attached hydrogens (tertiary/aromatic N) is 2. The van der Waals surface area contributed by atoms with Crippen molar-refractivity contribution < 1.29 is 17.7 Å². The van der Waals surface area contributed by atoms with E-state index < -0.39 is 10.0 Å². The van der Waals surface area contributed by atoms with E-state index in [4.69, 9.17) is 9.31 Å². The fourth-order valence-electron chi connectivity index (χ4n) is 3.37. The van der Waals surface area contributed by atoms with E-state index in [0.29, 0.717) is 6.54 Å². The Morgan fingerprint density at radius 1 is 1.12 bits per heavy atom. The van der Waals surface area contributed by atoms with E-state index >= 15 is 0 Å². The summed E-state index contributed by atoms with van der Waals surface area (Å²) in [6, 6.07) is 8.20. The lowest BCUT2D eigenvalue weighted by molar-refractivity contribution is 0.00578. The van der Waals surface area contributed by atoms with E-state index in [-0.39, 0.29) is 24.4 Å². The highest BCUT2D eigenvalue weighted by molar-refractivity contribution is 7.88. The van der Waals surface area contributed by atoms with Gasteiger partial charge in [0.1, 0.15) is 0 Å². The summed E-state index contributed by atoms with van der Waals surface area (Å²) in [6.45, 7) is 9.74. The molecule has 2 aliphatic heterocycles. The molecule has 144 valence electrons. The number of rotatable bonds is 4.